The van der Waals surface area contributed by atoms with Crippen LogP contribution in [0.15, 0.2) is 24.3 Å². The first-order chi connectivity index (χ1) is 9.74. The molecule has 0 unspecified atom stereocenters. The molecule has 0 aliphatic rings. The third-order valence-corrected chi connectivity index (χ3v) is 2.19. The number of methoxy groups -OCH3 is 1. The average molecular weight is 280 g/mol. The zero-order valence-corrected chi connectivity index (χ0v) is 11.2. The van der Waals surface area contributed by atoms with E-state index in [0.717, 1.165) is 0 Å². The summed E-state index contributed by atoms with van der Waals surface area (Å²) >= 11 is 0. The van der Waals surface area contributed by atoms with Gasteiger partial charge in [0, 0.05) is 13.7 Å². The van der Waals surface area contributed by atoms with Crippen molar-refractivity contribution in [3.63, 3.8) is 0 Å². The van der Waals surface area contributed by atoms with Crippen LogP contribution >= 0.6 is 0 Å². The fourth-order valence-electron chi connectivity index (χ4n) is 1.24. The molecular formula is C14H17FN2O3. The molecule has 1 aromatic rings. The van der Waals surface area contributed by atoms with Crippen molar-refractivity contribution in [1.29, 1.82) is 0 Å². The van der Waals surface area contributed by atoms with E-state index in [2.05, 4.69) is 22.5 Å². The Morgan fingerprint density at radius 3 is 2.85 bits per heavy atom. The number of hydrogen-bond acceptors (Lipinski definition) is 3. The van der Waals surface area contributed by atoms with E-state index in [9.17, 15) is 9.18 Å². The van der Waals surface area contributed by atoms with E-state index in [0.29, 0.717) is 13.2 Å². The average Bonchev–Trinajstić information content (AvgIpc) is 2.45. The number of urea groups is 1. The highest BCUT2D eigenvalue weighted by atomic mass is 19.1. The molecule has 0 aromatic heterocycles. The molecule has 0 atom stereocenters. The van der Waals surface area contributed by atoms with Gasteiger partial charge in [-0.15, -0.1) is 0 Å². The van der Waals surface area contributed by atoms with Gasteiger partial charge in [0.15, 0.2) is 11.6 Å². The normalized spacial score (nSPS) is 9.30. The molecule has 2 N–H and O–H groups in total. The lowest BCUT2D eigenvalue weighted by Gasteiger charge is -2.04. The number of amides is 2. The number of para-hydroxylation sites is 1. The monoisotopic (exact) mass is 280 g/mol. The van der Waals surface area contributed by atoms with E-state index in [-0.39, 0.29) is 24.9 Å². The summed E-state index contributed by atoms with van der Waals surface area (Å²) in [5.74, 6) is 5.11. The smallest absolute Gasteiger partial charge is 0.315 e. The first-order valence-electron chi connectivity index (χ1n) is 6.07. The molecule has 6 heteroatoms. The number of hydrogen-bond donors (Lipinski definition) is 2. The van der Waals surface area contributed by atoms with Crippen molar-refractivity contribution in [3.05, 3.63) is 30.1 Å². The quantitative estimate of drug-likeness (QED) is 0.607. The van der Waals surface area contributed by atoms with Crippen LogP contribution in [0, 0.1) is 17.7 Å². The van der Waals surface area contributed by atoms with E-state index in [1.807, 2.05) is 0 Å². The summed E-state index contributed by atoms with van der Waals surface area (Å²) in [6.07, 6.45) is 0. The summed E-state index contributed by atoms with van der Waals surface area (Å²) in [4.78, 5) is 11.2. The zero-order chi connectivity index (χ0) is 14.6. The van der Waals surface area contributed by atoms with Gasteiger partial charge in [-0.1, -0.05) is 24.0 Å². The molecule has 0 bridgehead atoms. The number of carbonyl (C=O) groups is 1. The summed E-state index contributed by atoms with van der Waals surface area (Å²) in [6.45, 7) is 1.15. The van der Waals surface area contributed by atoms with Crippen molar-refractivity contribution in [2.75, 3.05) is 33.4 Å². The number of ether oxygens (including phenoxy) is 2. The van der Waals surface area contributed by atoms with E-state index in [1.54, 1.807) is 19.2 Å². The van der Waals surface area contributed by atoms with Crippen LogP contribution in [-0.2, 0) is 4.74 Å². The largest absolute Gasteiger partial charge is 0.478 e. The van der Waals surface area contributed by atoms with E-state index >= 15 is 0 Å². The Balaban J connectivity index is 2.14. The second kappa shape index (κ2) is 9.64. The minimum absolute atomic E-state index is 0.0634. The maximum absolute atomic E-state index is 13.2. The van der Waals surface area contributed by atoms with Gasteiger partial charge in [0.2, 0.25) is 0 Å². The van der Waals surface area contributed by atoms with Gasteiger partial charge >= 0.3 is 6.03 Å². The number of halogens is 1. The molecule has 20 heavy (non-hydrogen) atoms. The summed E-state index contributed by atoms with van der Waals surface area (Å²) < 4.78 is 23.1. The molecule has 0 aliphatic carbocycles. The van der Waals surface area contributed by atoms with Crippen LogP contribution in [0.5, 0.6) is 5.75 Å². The Labute approximate surface area is 117 Å². The second-order valence-corrected chi connectivity index (χ2v) is 3.67. The lowest BCUT2D eigenvalue weighted by atomic mass is 10.3. The van der Waals surface area contributed by atoms with Crippen LogP contribution in [0.3, 0.4) is 0 Å². The van der Waals surface area contributed by atoms with Gasteiger partial charge in [-0.3, -0.25) is 0 Å². The summed E-state index contributed by atoms with van der Waals surface area (Å²) in [7, 11) is 1.56. The molecule has 0 heterocycles. The predicted octanol–water partition coefficient (Wildman–Crippen LogP) is 1.15. The standard InChI is InChI=1S/C14H17FN2O3/c1-19-11-9-17-14(18)16-8-4-5-10-20-13-7-3-2-6-12(13)15/h2-3,6-7H,8-11H2,1H3,(H2,16,17,18). The van der Waals surface area contributed by atoms with Crippen molar-refractivity contribution in [2.45, 2.75) is 0 Å². The van der Waals surface area contributed by atoms with Gasteiger partial charge in [0.1, 0.15) is 6.61 Å². The molecule has 0 spiro atoms. The van der Waals surface area contributed by atoms with Crippen molar-refractivity contribution in [3.8, 4) is 17.6 Å². The van der Waals surface area contributed by atoms with E-state index < -0.39 is 5.82 Å². The topological polar surface area (TPSA) is 59.6 Å². The van der Waals surface area contributed by atoms with Crippen LogP contribution < -0.4 is 15.4 Å². The summed E-state index contributed by atoms with van der Waals surface area (Å²) in [5.41, 5.74) is 0. The van der Waals surface area contributed by atoms with Crippen LogP contribution in [0.25, 0.3) is 0 Å². The fraction of sp³-hybridized carbons (Fsp3) is 0.357. The lowest BCUT2D eigenvalue weighted by molar-refractivity contribution is 0.196. The predicted molar refractivity (Wildman–Crippen MR) is 72.9 cm³/mol. The number of benzene rings is 1. The molecule has 0 saturated heterocycles. The maximum atomic E-state index is 13.2. The van der Waals surface area contributed by atoms with Gasteiger partial charge in [0.05, 0.1) is 13.2 Å². The minimum Gasteiger partial charge on any atom is -0.478 e. The highest BCUT2D eigenvalue weighted by Gasteiger charge is 1.99. The number of carbonyl (C=O) groups excluding carboxylic acids is 1. The van der Waals surface area contributed by atoms with Crippen molar-refractivity contribution >= 4 is 6.03 Å². The molecule has 0 fully saturated rings. The molecule has 0 aliphatic heterocycles. The van der Waals surface area contributed by atoms with Gasteiger partial charge in [-0.2, -0.15) is 0 Å². The fourth-order valence-corrected chi connectivity index (χ4v) is 1.24. The molecule has 2 amide bonds. The van der Waals surface area contributed by atoms with Crippen molar-refractivity contribution < 1.29 is 18.7 Å². The van der Waals surface area contributed by atoms with E-state index in [4.69, 9.17) is 9.47 Å². The number of nitrogens with one attached hydrogen (secondary N) is 2. The van der Waals surface area contributed by atoms with Crippen molar-refractivity contribution in [2.24, 2.45) is 0 Å². The first-order valence-corrected chi connectivity index (χ1v) is 6.07. The Kier molecular flexibility index (Phi) is 7.62. The van der Waals surface area contributed by atoms with Crippen molar-refractivity contribution in [1.82, 2.24) is 10.6 Å². The third-order valence-electron chi connectivity index (χ3n) is 2.19. The van der Waals surface area contributed by atoms with Gasteiger partial charge in [-0.05, 0) is 12.1 Å². The molecular weight excluding hydrogens is 263 g/mol. The first kappa shape index (κ1) is 15.8. The van der Waals surface area contributed by atoms with Gasteiger partial charge < -0.3 is 20.1 Å². The lowest BCUT2D eigenvalue weighted by Crippen LogP contribution is -2.37. The molecule has 5 nitrogen and oxygen atoms in total. The molecule has 0 radical (unpaired) electrons. The zero-order valence-electron chi connectivity index (χ0n) is 11.2. The van der Waals surface area contributed by atoms with Gasteiger partial charge in [0.25, 0.3) is 0 Å². The summed E-state index contributed by atoms with van der Waals surface area (Å²) in [5, 5.41) is 5.13. The third kappa shape index (κ3) is 6.61. The Morgan fingerprint density at radius 2 is 2.10 bits per heavy atom. The molecule has 108 valence electrons. The SMILES string of the molecule is COCCNC(=O)NCC#CCOc1ccccc1F. The van der Waals surface area contributed by atoms with Gasteiger partial charge in [-0.25, -0.2) is 9.18 Å². The maximum Gasteiger partial charge on any atom is 0.315 e. The molecule has 1 aromatic carbocycles. The van der Waals surface area contributed by atoms with Crippen LogP contribution in [0.4, 0.5) is 9.18 Å². The summed E-state index contributed by atoms with van der Waals surface area (Å²) in [6, 6.07) is 5.79. The Hall–Kier alpha value is -2.26. The van der Waals surface area contributed by atoms with Crippen LogP contribution in [0.2, 0.25) is 0 Å². The minimum atomic E-state index is -0.426. The highest BCUT2D eigenvalue weighted by Crippen LogP contribution is 2.14. The van der Waals surface area contributed by atoms with Crippen LogP contribution in [0.1, 0.15) is 0 Å². The number of rotatable bonds is 6. The second-order valence-electron chi connectivity index (χ2n) is 3.67. The molecule has 1 rings (SSSR count). The van der Waals surface area contributed by atoms with Crippen LogP contribution in [-0.4, -0.2) is 39.4 Å². The molecule has 0 saturated carbocycles. The van der Waals surface area contributed by atoms with E-state index in [1.165, 1.54) is 12.1 Å². The Morgan fingerprint density at radius 1 is 1.30 bits per heavy atom. The Bertz CT molecular complexity index is 483. The highest BCUT2D eigenvalue weighted by molar-refractivity contribution is 5.74.